The molecule has 2 aliphatic heterocycles. The number of aromatic nitrogens is 3. The first kappa shape index (κ1) is 25.6. The van der Waals surface area contributed by atoms with Crippen LogP contribution >= 0.6 is 0 Å². The molecule has 6 rings (SSSR count). The summed E-state index contributed by atoms with van der Waals surface area (Å²) in [6.07, 6.45) is 7.12. The van der Waals surface area contributed by atoms with E-state index in [0.29, 0.717) is 12.1 Å². The number of pyridine rings is 1. The van der Waals surface area contributed by atoms with E-state index in [4.69, 9.17) is 24.2 Å². The van der Waals surface area contributed by atoms with E-state index in [0.717, 1.165) is 96.3 Å². The van der Waals surface area contributed by atoms with Gasteiger partial charge in [-0.3, -0.25) is 4.98 Å². The summed E-state index contributed by atoms with van der Waals surface area (Å²) in [7, 11) is 3.36. The van der Waals surface area contributed by atoms with Gasteiger partial charge in [0.2, 0.25) is 0 Å². The Morgan fingerprint density at radius 2 is 1.67 bits per heavy atom. The highest BCUT2D eigenvalue weighted by molar-refractivity contribution is 5.92. The molecule has 0 aliphatic carbocycles. The zero-order chi connectivity index (χ0) is 26.9. The van der Waals surface area contributed by atoms with Gasteiger partial charge in [0, 0.05) is 55.8 Å². The average Bonchev–Trinajstić information content (AvgIpc) is 3.63. The van der Waals surface area contributed by atoms with E-state index in [1.807, 2.05) is 30.6 Å². The van der Waals surface area contributed by atoms with Crippen LogP contribution in [0.1, 0.15) is 30.4 Å². The van der Waals surface area contributed by atoms with Crippen LogP contribution in [0, 0.1) is 13.8 Å². The minimum absolute atomic E-state index is 0.472. The van der Waals surface area contributed by atoms with Gasteiger partial charge in [-0.05, 0) is 68.0 Å². The van der Waals surface area contributed by atoms with Gasteiger partial charge in [-0.25, -0.2) is 4.98 Å². The SMILES string of the molecule is COc1cc(OC)cc(-c2cncc(-c3nc4c(C)cc(C)cc4[nH]3)c2N2CCC(NC3CCOC3)CC2)c1. The molecule has 8 heteroatoms. The number of nitrogens with one attached hydrogen (secondary N) is 2. The molecular formula is C31H37N5O3. The molecule has 0 bridgehead atoms. The first-order chi connectivity index (χ1) is 19.0. The van der Waals surface area contributed by atoms with Gasteiger partial charge in [-0.1, -0.05) is 6.07 Å². The quantitative estimate of drug-likeness (QED) is 0.339. The number of hydrogen-bond acceptors (Lipinski definition) is 7. The van der Waals surface area contributed by atoms with Crippen molar-refractivity contribution >= 4 is 16.7 Å². The third kappa shape index (κ3) is 5.18. The van der Waals surface area contributed by atoms with Crippen LogP contribution in [0.15, 0.2) is 42.7 Å². The van der Waals surface area contributed by atoms with Gasteiger partial charge >= 0.3 is 0 Å². The first-order valence-electron chi connectivity index (χ1n) is 13.8. The number of piperidine rings is 1. The molecule has 2 N–H and O–H groups in total. The number of nitrogens with zero attached hydrogens (tertiary/aromatic N) is 3. The Bertz CT molecular complexity index is 1450. The van der Waals surface area contributed by atoms with Gasteiger partial charge in [-0.15, -0.1) is 0 Å². The first-order valence-corrected chi connectivity index (χ1v) is 13.8. The highest BCUT2D eigenvalue weighted by Crippen LogP contribution is 2.42. The average molecular weight is 528 g/mol. The normalized spacial score (nSPS) is 18.2. The number of rotatable bonds is 7. The van der Waals surface area contributed by atoms with Gasteiger partial charge in [0.05, 0.1) is 43.1 Å². The number of H-pyrrole nitrogens is 1. The molecule has 8 nitrogen and oxygen atoms in total. The second-order valence-electron chi connectivity index (χ2n) is 10.7. The van der Waals surface area contributed by atoms with Crippen LogP contribution in [-0.4, -0.2) is 67.6 Å². The molecule has 2 saturated heterocycles. The maximum absolute atomic E-state index is 5.61. The molecule has 4 aromatic rings. The third-order valence-electron chi connectivity index (χ3n) is 7.97. The fourth-order valence-corrected chi connectivity index (χ4v) is 6.01. The number of ether oxygens (including phenoxy) is 3. The minimum atomic E-state index is 0.472. The molecule has 0 spiro atoms. The van der Waals surface area contributed by atoms with Crippen molar-refractivity contribution in [2.75, 3.05) is 45.4 Å². The molecule has 39 heavy (non-hydrogen) atoms. The molecule has 2 fully saturated rings. The van der Waals surface area contributed by atoms with Crippen molar-refractivity contribution < 1.29 is 14.2 Å². The van der Waals surface area contributed by atoms with Gasteiger partial charge in [0.15, 0.2) is 0 Å². The maximum Gasteiger partial charge on any atom is 0.142 e. The van der Waals surface area contributed by atoms with E-state index in [1.165, 1.54) is 11.1 Å². The lowest BCUT2D eigenvalue weighted by molar-refractivity contribution is 0.186. The Labute approximate surface area is 229 Å². The summed E-state index contributed by atoms with van der Waals surface area (Å²) in [5.74, 6) is 2.33. The zero-order valence-electron chi connectivity index (χ0n) is 23.2. The van der Waals surface area contributed by atoms with Crippen molar-refractivity contribution in [3.63, 3.8) is 0 Å². The summed E-state index contributed by atoms with van der Waals surface area (Å²) in [6, 6.07) is 11.3. The third-order valence-corrected chi connectivity index (χ3v) is 7.97. The van der Waals surface area contributed by atoms with Crippen molar-refractivity contribution in [2.24, 2.45) is 0 Å². The number of anilines is 1. The van der Waals surface area contributed by atoms with E-state index in [2.05, 4.69) is 41.2 Å². The predicted octanol–water partition coefficient (Wildman–Crippen LogP) is 5.27. The lowest BCUT2D eigenvalue weighted by atomic mass is 9.97. The number of hydrogen-bond donors (Lipinski definition) is 2. The van der Waals surface area contributed by atoms with Crippen molar-refractivity contribution in [1.29, 1.82) is 0 Å². The molecule has 0 radical (unpaired) electrons. The monoisotopic (exact) mass is 527 g/mol. The highest BCUT2D eigenvalue weighted by Gasteiger charge is 2.28. The van der Waals surface area contributed by atoms with E-state index >= 15 is 0 Å². The van der Waals surface area contributed by atoms with Crippen LogP contribution < -0.4 is 19.7 Å². The molecule has 1 atom stereocenters. The fourth-order valence-electron chi connectivity index (χ4n) is 6.01. The van der Waals surface area contributed by atoms with Crippen LogP contribution in [0.4, 0.5) is 5.69 Å². The molecule has 4 heterocycles. The van der Waals surface area contributed by atoms with Crippen LogP contribution in [0.3, 0.4) is 0 Å². The second-order valence-corrected chi connectivity index (χ2v) is 10.7. The number of aromatic amines is 1. The van der Waals surface area contributed by atoms with Crippen LogP contribution in [0.25, 0.3) is 33.5 Å². The minimum Gasteiger partial charge on any atom is -0.497 e. The number of methoxy groups -OCH3 is 2. The second kappa shape index (κ2) is 10.9. The van der Waals surface area contributed by atoms with Crippen molar-refractivity contribution in [2.45, 2.75) is 45.2 Å². The Morgan fingerprint density at radius 3 is 2.36 bits per heavy atom. The van der Waals surface area contributed by atoms with E-state index in [-0.39, 0.29) is 0 Å². The van der Waals surface area contributed by atoms with Gasteiger partial charge in [0.25, 0.3) is 0 Å². The molecule has 0 saturated carbocycles. The number of aryl methyl sites for hydroxylation is 2. The summed E-state index contributed by atoms with van der Waals surface area (Å²) < 4.78 is 16.8. The zero-order valence-corrected chi connectivity index (χ0v) is 23.2. The topological polar surface area (TPSA) is 84.5 Å². The van der Waals surface area contributed by atoms with E-state index in [9.17, 15) is 0 Å². The van der Waals surface area contributed by atoms with Crippen LogP contribution in [0.5, 0.6) is 11.5 Å². The molecule has 0 amide bonds. The molecular weight excluding hydrogens is 490 g/mol. The molecule has 2 aliphatic rings. The predicted molar refractivity (Wildman–Crippen MR) is 155 cm³/mol. The smallest absolute Gasteiger partial charge is 0.142 e. The number of imidazole rings is 1. The fraction of sp³-hybridized carbons (Fsp3) is 0.419. The van der Waals surface area contributed by atoms with Gasteiger partial charge < -0.3 is 29.4 Å². The van der Waals surface area contributed by atoms with Crippen molar-refractivity contribution in [3.05, 3.63) is 53.9 Å². The molecule has 2 aromatic carbocycles. The van der Waals surface area contributed by atoms with Crippen molar-refractivity contribution in [3.8, 4) is 34.0 Å². The van der Waals surface area contributed by atoms with Gasteiger partial charge in [-0.2, -0.15) is 0 Å². The summed E-state index contributed by atoms with van der Waals surface area (Å²) in [6.45, 7) is 7.80. The van der Waals surface area contributed by atoms with E-state index < -0.39 is 0 Å². The largest absolute Gasteiger partial charge is 0.497 e. The standard InChI is InChI=1S/C31H37N5O3/c1-19-11-20(2)29-28(12-19)34-31(35-29)27-17-32-16-26(21-13-24(37-3)15-25(14-21)38-4)30(27)36-8-5-22(6-9-36)33-23-7-10-39-18-23/h11-17,22-23,33H,5-10,18H2,1-4H3,(H,34,35). The highest BCUT2D eigenvalue weighted by atomic mass is 16.5. The van der Waals surface area contributed by atoms with Gasteiger partial charge in [0.1, 0.15) is 17.3 Å². The Hall–Kier alpha value is -3.62. The molecule has 204 valence electrons. The Kier molecular flexibility index (Phi) is 7.14. The maximum atomic E-state index is 5.61. The lowest BCUT2D eigenvalue weighted by Crippen LogP contribution is -2.46. The lowest BCUT2D eigenvalue weighted by Gasteiger charge is -2.37. The molecule has 2 aromatic heterocycles. The summed E-state index contributed by atoms with van der Waals surface area (Å²) in [5, 5.41) is 3.83. The van der Waals surface area contributed by atoms with Crippen molar-refractivity contribution in [1.82, 2.24) is 20.3 Å². The molecule has 1 unspecified atom stereocenters. The van der Waals surface area contributed by atoms with E-state index in [1.54, 1.807) is 14.2 Å². The number of benzene rings is 2. The Balaban J connectivity index is 1.43. The number of fused-ring (bicyclic) bond motifs is 1. The summed E-state index contributed by atoms with van der Waals surface area (Å²) >= 11 is 0. The van der Waals surface area contributed by atoms with Crippen LogP contribution in [0.2, 0.25) is 0 Å². The summed E-state index contributed by atoms with van der Waals surface area (Å²) in [5.41, 5.74) is 8.59. The summed E-state index contributed by atoms with van der Waals surface area (Å²) in [4.78, 5) is 15.9. The Morgan fingerprint density at radius 1 is 0.923 bits per heavy atom. The van der Waals surface area contributed by atoms with Crippen LogP contribution in [-0.2, 0) is 4.74 Å².